The Kier molecular flexibility index (Phi) is 8.01. The van der Waals surface area contributed by atoms with Crippen LogP contribution in [0.5, 0.6) is 23.0 Å². The van der Waals surface area contributed by atoms with E-state index in [1.165, 1.54) is 16.2 Å². The fourth-order valence-corrected chi connectivity index (χ4v) is 6.57. The first-order valence-electron chi connectivity index (χ1n) is 14.5. The molecule has 9 nitrogen and oxygen atoms in total. The van der Waals surface area contributed by atoms with Crippen LogP contribution >= 0.6 is 11.3 Å². The smallest absolute Gasteiger partial charge is 0.301 e. The number of anilines is 1. The number of aliphatic hydroxyl groups excluding tert-OH is 1. The van der Waals surface area contributed by atoms with Gasteiger partial charge in [0.15, 0.2) is 16.6 Å². The molecule has 0 spiro atoms. The Morgan fingerprint density at radius 3 is 2.66 bits per heavy atom. The number of carbonyl (C=O) groups excluding carboxylic acids is 2. The van der Waals surface area contributed by atoms with Crippen LogP contribution in [0.25, 0.3) is 16.0 Å². The van der Waals surface area contributed by atoms with E-state index in [4.69, 9.17) is 23.9 Å². The molecule has 10 heteroatoms. The lowest BCUT2D eigenvalue weighted by Gasteiger charge is -2.24. The number of fused-ring (bicyclic) bond motifs is 2. The highest BCUT2D eigenvalue weighted by Crippen LogP contribution is 2.46. The first-order chi connectivity index (χ1) is 21.3. The van der Waals surface area contributed by atoms with Crippen molar-refractivity contribution in [2.24, 2.45) is 0 Å². The van der Waals surface area contributed by atoms with E-state index in [1.807, 2.05) is 45.0 Å². The zero-order valence-corrected chi connectivity index (χ0v) is 25.5. The first kappa shape index (κ1) is 29.3. The van der Waals surface area contributed by atoms with Crippen LogP contribution < -0.4 is 23.8 Å². The SMILES string of the molecule is C=CCOc1ccc(C2/C(=C(/O)c3ccc4c(c3)CC(C)O4)C(=O)C(=O)N2c2nc3ccc(OCC)cc3s2)cc1OCC. The Balaban J connectivity index is 1.52. The second-order valence-electron chi connectivity index (χ2n) is 10.4. The van der Waals surface area contributed by atoms with Gasteiger partial charge in [0, 0.05) is 12.0 Å². The molecule has 3 aromatic carbocycles. The Morgan fingerprint density at radius 2 is 1.89 bits per heavy atom. The van der Waals surface area contributed by atoms with Gasteiger partial charge in [-0.25, -0.2) is 4.98 Å². The second kappa shape index (κ2) is 12.0. The molecular weight excluding hydrogens is 580 g/mol. The van der Waals surface area contributed by atoms with E-state index < -0.39 is 17.7 Å². The molecule has 2 aliphatic rings. The van der Waals surface area contributed by atoms with E-state index in [9.17, 15) is 14.7 Å². The maximum atomic E-state index is 13.8. The minimum absolute atomic E-state index is 0.00839. The molecule has 1 amide bonds. The van der Waals surface area contributed by atoms with Crippen molar-refractivity contribution >= 4 is 44.1 Å². The molecule has 0 saturated carbocycles. The van der Waals surface area contributed by atoms with Crippen LogP contribution in [0.4, 0.5) is 5.13 Å². The molecule has 1 fully saturated rings. The monoisotopic (exact) mass is 612 g/mol. The Bertz CT molecular complexity index is 1810. The lowest BCUT2D eigenvalue weighted by Crippen LogP contribution is -2.29. The van der Waals surface area contributed by atoms with Crippen LogP contribution in [0.15, 0.2) is 72.8 Å². The summed E-state index contributed by atoms with van der Waals surface area (Å²) in [6, 6.07) is 15.0. The quantitative estimate of drug-likeness (QED) is 0.0923. The molecule has 0 aliphatic carbocycles. The minimum atomic E-state index is -0.988. The van der Waals surface area contributed by atoms with E-state index in [0.29, 0.717) is 58.7 Å². The summed E-state index contributed by atoms with van der Waals surface area (Å²) in [4.78, 5) is 33.7. The number of benzene rings is 3. The van der Waals surface area contributed by atoms with Crippen molar-refractivity contribution in [3.05, 3.63) is 89.5 Å². The lowest BCUT2D eigenvalue weighted by atomic mass is 9.94. The van der Waals surface area contributed by atoms with Gasteiger partial charge in [-0.2, -0.15) is 0 Å². The number of thiazole rings is 1. The van der Waals surface area contributed by atoms with Gasteiger partial charge in [0.05, 0.1) is 35.0 Å². The molecule has 1 aromatic heterocycles. The number of aliphatic hydroxyl groups is 1. The molecule has 2 atom stereocenters. The third-order valence-corrected chi connectivity index (χ3v) is 8.44. The number of rotatable bonds is 10. The third kappa shape index (κ3) is 5.26. The Labute approximate surface area is 259 Å². The molecule has 6 rings (SSSR count). The van der Waals surface area contributed by atoms with Gasteiger partial charge in [0.1, 0.15) is 30.0 Å². The molecule has 2 unspecified atom stereocenters. The van der Waals surface area contributed by atoms with E-state index >= 15 is 0 Å². The summed E-state index contributed by atoms with van der Waals surface area (Å²) < 4.78 is 23.9. The van der Waals surface area contributed by atoms with Crippen molar-refractivity contribution in [2.75, 3.05) is 24.7 Å². The number of hydrogen-bond acceptors (Lipinski definition) is 9. The van der Waals surface area contributed by atoms with E-state index in [1.54, 1.807) is 36.4 Å². The molecule has 1 saturated heterocycles. The number of ketones is 1. The fourth-order valence-electron chi connectivity index (χ4n) is 5.55. The Hall–Kier alpha value is -4.83. The van der Waals surface area contributed by atoms with Gasteiger partial charge in [0.2, 0.25) is 0 Å². The summed E-state index contributed by atoms with van der Waals surface area (Å²) in [6.07, 6.45) is 2.31. The summed E-state index contributed by atoms with van der Waals surface area (Å²) in [5.41, 5.74) is 2.51. The number of ether oxygens (including phenoxy) is 4. The lowest BCUT2D eigenvalue weighted by molar-refractivity contribution is -0.132. The van der Waals surface area contributed by atoms with Gasteiger partial charge in [-0.3, -0.25) is 14.5 Å². The second-order valence-corrected chi connectivity index (χ2v) is 11.4. The van der Waals surface area contributed by atoms with Gasteiger partial charge in [-0.1, -0.05) is 30.1 Å². The fraction of sp³-hybridized carbons (Fsp3) is 0.265. The number of Topliss-reactive ketones (excluding diaryl/α,β-unsaturated/α-hetero) is 1. The number of amides is 1. The van der Waals surface area contributed by atoms with Gasteiger partial charge in [0.25, 0.3) is 5.78 Å². The van der Waals surface area contributed by atoms with Crippen molar-refractivity contribution in [3.8, 4) is 23.0 Å². The van der Waals surface area contributed by atoms with E-state index in [2.05, 4.69) is 6.58 Å². The standard InChI is InChI=1S/C34H32N2O7S/c1-5-14-42-26-13-8-20(17-27(26)41-7-3)30-29(31(37)21-9-12-25-22(16-21)15-19(4)43-25)32(38)33(39)36(30)34-35-24-11-10-23(40-6-2)18-28(24)44-34/h5,8-13,16-19,30,37H,1,6-7,14-15H2,2-4H3/b31-29-. The van der Waals surface area contributed by atoms with Gasteiger partial charge in [-0.15, -0.1) is 0 Å². The number of nitrogens with zero attached hydrogens (tertiary/aromatic N) is 2. The highest BCUT2D eigenvalue weighted by atomic mass is 32.1. The largest absolute Gasteiger partial charge is 0.507 e. The predicted molar refractivity (Wildman–Crippen MR) is 169 cm³/mol. The number of carbonyl (C=O) groups is 2. The normalized spacial score (nSPS) is 18.8. The number of aromatic nitrogens is 1. The zero-order valence-electron chi connectivity index (χ0n) is 24.7. The molecule has 2 aliphatic heterocycles. The van der Waals surface area contributed by atoms with Crippen LogP contribution in [0.1, 0.15) is 43.5 Å². The molecule has 3 heterocycles. The van der Waals surface area contributed by atoms with Gasteiger partial charge in [-0.05, 0) is 80.4 Å². The van der Waals surface area contributed by atoms with Crippen molar-refractivity contribution in [2.45, 2.75) is 39.3 Å². The highest BCUT2D eigenvalue weighted by Gasteiger charge is 2.48. The molecule has 0 radical (unpaired) electrons. The average molecular weight is 613 g/mol. The van der Waals surface area contributed by atoms with Gasteiger partial charge < -0.3 is 24.1 Å². The Morgan fingerprint density at radius 1 is 1.07 bits per heavy atom. The van der Waals surface area contributed by atoms with Crippen molar-refractivity contribution in [1.29, 1.82) is 0 Å². The van der Waals surface area contributed by atoms with E-state index in [-0.39, 0.29) is 24.0 Å². The van der Waals surface area contributed by atoms with Crippen molar-refractivity contribution in [3.63, 3.8) is 0 Å². The van der Waals surface area contributed by atoms with Crippen molar-refractivity contribution in [1.82, 2.24) is 4.98 Å². The third-order valence-electron chi connectivity index (χ3n) is 7.42. The molecule has 226 valence electrons. The molecule has 44 heavy (non-hydrogen) atoms. The summed E-state index contributed by atoms with van der Waals surface area (Å²) in [5.74, 6) is 0.474. The van der Waals surface area contributed by atoms with Gasteiger partial charge >= 0.3 is 5.91 Å². The average Bonchev–Trinajstić information content (AvgIpc) is 3.68. The molecule has 0 bridgehead atoms. The first-order valence-corrected chi connectivity index (χ1v) is 15.3. The van der Waals surface area contributed by atoms with Crippen LogP contribution in [0.2, 0.25) is 0 Å². The minimum Gasteiger partial charge on any atom is -0.507 e. The molecule has 4 aromatic rings. The molecular formula is C34H32N2O7S. The summed E-state index contributed by atoms with van der Waals surface area (Å²) in [6.45, 7) is 10.6. The topological polar surface area (TPSA) is 107 Å². The van der Waals surface area contributed by atoms with Crippen LogP contribution in [-0.4, -0.2) is 47.7 Å². The van der Waals surface area contributed by atoms with Crippen LogP contribution in [-0.2, 0) is 16.0 Å². The van der Waals surface area contributed by atoms with Crippen LogP contribution in [0.3, 0.4) is 0 Å². The van der Waals surface area contributed by atoms with E-state index in [0.717, 1.165) is 16.0 Å². The number of hydrogen-bond donors (Lipinski definition) is 1. The maximum Gasteiger partial charge on any atom is 0.301 e. The molecule has 1 N–H and O–H groups in total. The van der Waals surface area contributed by atoms with Crippen LogP contribution in [0, 0.1) is 0 Å². The van der Waals surface area contributed by atoms with Crippen molar-refractivity contribution < 1.29 is 33.6 Å². The zero-order chi connectivity index (χ0) is 31.0. The summed E-state index contributed by atoms with van der Waals surface area (Å²) in [5, 5.41) is 12.0. The summed E-state index contributed by atoms with van der Waals surface area (Å²) >= 11 is 1.27. The predicted octanol–water partition coefficient (Wildman–Crippen LogP) is 6.61. The maximum absolute atomic E-state index is 13.8. The highest BCUT2D eigenvalue weighted by molar-refractivity contribution is 7.22. The summed E-state index contributed by atoms with van der Waals surface area (Å²) in [7, 11) is 0.